The molecule has 0 aromatic heterocycles. The van der Waals surface area contributed by atoms with Crippen LogP contribution < -0.4 is 4.74 Å². The SMILES string of the molecule is C=CCOc1ccc(C=C2SC(=Nc3ccc(Cl)c(C(=O)O)c3)N(C)C2=O)cc1Cl. The van der Waals surface area contributed by atoms with Crippen LogP contribution in [0.2, 0.25) is 10.0 Å². The Morgan fingerprint density at radius 2 is 2.03 bits per heavy atom. The molecule has 0 spiro atoms. The van der Waals surface area contributed by atoms with Gasteiger partial charge in [0.25, 0.3) is 5.91 Å². The molecule has 2 aromatic carbocycles. The number of ether oxygens (including phenoxy) is 1. The lowest BCUT2D eigenvalue weighted by Gasteiger charge is -2.08. The molecule has 0 radical (unpaired) electrons. The van der Waals surface area contributed by atoms with Crippen molar-refractivity contribution in [3.8, 4) is 5.75 Å². The summed E-state index contributed by atoms with van der Waals surface area (Å²) in [4.78, 5) is 30.1. The van der Waals surface area contributed by atoms with E-state index in [1.54, 1.807) is 43.5 Å². The third-order valence-electron chi connectivity index (χ3n) is 4.02. The van der Waals surface area contributed by atoms with Gasteiger partial charge in [-0.1, -0.05) is 41.9 Å². The number of benzene rings is 2. The monoisotopic (exact) mass is 462 g/mol. The highest BCUT2D eigenvalue weighted by molar-refractivity contribution is 8.18. The maximum absolute atomic E-state index is 12.6. The number of nitrogens with zero attached hydrogens (tertiary/aromatic N) is 2. The van der Waals surface area contributed by atoms with Crippen LogP contribution in [0.4, 0.5) is 5.69 Å². The van der Waals surface area contributed by atoms with Gasteiger partial charge in [0.15, 0.2) is 5.17 Å². The number of hydrogen-bond donors (Lipinski definition) is 1. The fraction of sp³-hybridized carbons (Fsp3) is 0.0952. The molecule has 0 aliphatic carbocycles. The average Bonchev–Trinajstić information content (AvgIpc) is 2.96. The van der Waals surface area contributed by atoms with E-state index in [1.807, 2.05) is 0 Å². The van der Waals surface area contributed by atoms with E-state index >= 15 is 0 Å². The molecule has 1 amide bonds. The number of halogens is 2. The summed E-state index contributed by atoms with van der Waals surface area (Å²) in [7, 11) is 1.60. The van der Waals surface area contributed by atoms with Gasteiger partial charge >= 0.3 is 5.97 Å². The number of likely N-dealkylation sites (N-methyl/N-ethyl adjacent to an activating group) is 1. The second-order valence-electron chi connectivity index (χ2n) is 6.13. The summed E-state index contributed by atoms with van der Waals surface area (Å²) < 4.78 is 5.45. The van der Waals surface area contributed by atoms with Crippen molar-refractivity contribution in [2.24, 2.45) is 4.99 Å². The highest BCUT2D eigenvalue weighted by Gasteiger charge is 2.30. The van der Waals surface area contributed by atoms with Gasteiger partial charge in [-0.3, -0.25) is 9.69 Å². The Kier molecular flexibility index (Phi) is 6.87. The first-order valence-corrected chi connectivity index (χ1v) is 10.2. The molecule has 0 bridgehead atoms. The molecule has 1 aliphatic heterocycles. The van der Waals surface area contributed by atoms with Gasteiger partial charge in [0.05, 0.1) is 26.2 Å². The second kappa shape index (κ2) is 9.38. The van der Waals surface area contributed by atoms with Crippen LogP contribution in [0.25, 0.3) is 6.08 Å². The molecule has 1 heterocycles. The molecule has 9 heteroatoms. The molecule has 2 aromatic rings. The van der Waals surface area contributed by atoms with E-state index in [0.717, 1.165) is 5.56 Å². The molecule has 0 saturated carbocycles. The molecule has 1 fully saturated rings. The standard InChI is InChI=1S/C21H16Cl2N2O4S/c1-3-8-29-17-7-4-12(9-16(17)23)10-18-19(26)25(2)21(30-18)24-13-5-6-15(22)14(11-13)20(27)28/h3-7,9-11H,1,8H2,2H3,(H,27,28). The molecule has 6 nitrogen and oxygen atoms in total. The number of rotatable bonds is 6. The summed E-state index contributed by atoms with van der Waals surface area (Å²) in [5, 5.41) is 10.2. The van der Waals surface area contributed by atoms with Crippen molar-refractivity contribution in [1.82, 2.24) is 4.90 Å². The number of carboxylic acid groups (broad SMARTS) is 1. The van der Waals surface area contributed by atoms with Gasteiger partial charge < -0.3 is 9.84 Å². The molecule has 3 rings (SSSR count). The molecule has 0 atom stereocenters. The van der Waals surface area contributed by atoms with Gasteiger partial charge in [-0.15, -0.1) is 0 Å². The molecule has 30 heavy (non-hydrogen) atoms. The number of amides is 1. The van der Waals surface area contributed by atoms with Crippen LogP contribution in [0, 0.1) is 0 Å². The summed E-state index contributed by atoms with van der Waals surface area (Å²) in [6.07, 6.45) is 3.33. The lowest BCUT2D eigenvalue weighted by atomic mass is 10.2. The number of hydrogen-bond acceptors (Lipinski definition) is 5. The van der Waals surface area contributed by atoms with Crippen LogP contribution in [-0.2, 0) is 4.79 Å². The quantitative estimate of drug-likeness (QED) is 0.453. The molecule has 0 unspecified atom stereocenters. The molecular weight excluding hydrogens is 447 g/mol. The number of carboxylic acids is 1. The number of carbonyl (C=O) groups is 2. The van der Waals surface area contributed by atoms with E-state index in [2.05, 4.69) is 11.6 Å². The zero-order valence-corrected chi connectivity index (χ0v) is 18.1. The zero-order chi connectivity index (χ0) is 21.8. The first kappa shape index (κ1) is 22.0. The fourth-order valence-corrected chi connectivity index (χ4v) is 3.96. The normalized spacial score (nSPS) is 16.4. The zero-order valence-electron chi connectivity index (χ0n) is 15.8. The number of aromatic carboxylic acids is 1. The molecule has 1 saturated heterocycles. The summed E-state index contributed by atoms with van der Waals surface area (Å²) >= 11 is 13.3. The minimum atomic E-state index is -1.15. The van der Waals surface area contributed by atoms with Gasteiger partial charge in [-0.2, -0.15) is 0 Å². The predicted molar refractivity (Wildman–Crippen MR) is 121 cm³/mol. The topological polar surface area (TPSA) is 79.2 Å². The molecule has 154 valence electrons. The van der Waals surface area contributed by atoms with Crippen LogP contribution in [0.1, 0.15) is 15.9 Å². The van der Waals surface area contributed by atoms with E-state index in [9.17, 15) is 14.7 Å². The van der Waals surface area contributed by atoms with Crippen molar-refractivity contribution in [2.45, 2.75) is 0 Å². The first-order chi connectivity index (χ1) is 14.3. The van der Waals surface area contributed by atoms with Crippen LogP contribution in [0.3, 0.4) is 0 Å². The minimum Gasteiger partial charge on any atom is -0.488 e. The van der Waals surface area contributed by atoms with Crippen LogP contribution in [0.15, 0.2) is 59.0 Å². The Morgan fingerprint density at radius 1 is 1.27 bits per heavy atom. The lowest BCUT2D eigenvalue weighted by Crippen LogP contribution is -2.23. The van der Waals surface area contributed by atoms with Gasteiger partial charge in [0.2, 0.25) is 0 Å². The summed E-state index contributed by atoms with van der Waals surface area (Å²) in [6.45, 7) is 3.93. The third-order valence-corrected chi connectivity index (χ3v) is 5.70. The van der Waals surface area contributed by atoms with Crippen molar-refractivity contribution in [1.29, 1.82) is 0 Å². The van der Waals surface area contributed by atoms with Gasteiger partial charge in [-0.05, 0) is 53.7 Å². The smallest absolute Gasteiger partial charge is 0.337 e. The Bertz CT molecular complexity index is 1100. The van der Waals surface area contributed by atoms with Crippen molar-refractivity contribution >= 4 is 63.8 Å². The number of aliphatic imine (C=N–C) groups is 1. The molecule has 1 N–H and O–H groups in total. The Labute approximate surface area is 187 Å². The summed E-state index contributed by atoms with van der Waals surface area (Å²) in [5.41, 5.74) is 1.06. The Balaban J connectivity index is 1.86. The van der Waals surface area contributed by atoms with Crippen molar-refractivity contribution < 1.29 is 19.4 Å². The van der Waals surface area contributed by atoms with Crippen LogP contribution in [-0.4, -0.2) is 40.7 Å². The third kappa shape index (κ3) is 4.87. The maximum atomic E-state index is 12.6. The van der Waals surface area contributed by atoms with E-state index in [1.165, 1.54) is 28.8 Å². The van der Waals surface area contributed by atoms with Gasteiger partial charge in [-0.25, -0.2) is 9.79 Å². The summed E-state index contributed by atoms with van der Waals surface area (Å²) in [6, 6.07) is 9.62. The highest BCUT2D eigenvalue weighted by Crippen LogP contribution is 2.35. The average molecular weight is 463 g/mol. The van der Waals surface area contributed by atoms with E-state index < -0.39 is 5.97 Å². The van der Waals surface area contributed by atoms with Crippen molar-refractivity contribution in [3.63, 3.8) is 0 Å². The number of carbonyl (C=O) groups excluding carboxylic acids is 1. The van der Waals surface area contributed by atoms with E-state index in [0.29, 0.717) is 33.1 Å². The number of thioether (sulfide) groups is 1. The first-order valence-electron chi connectivity index (χ1n) is 8.62. The van der Waals surface area contributed by atoms with Gasteiger partial charge in [0, 0.05) is 7.05 Å². The van der Waals surface area contributed by atoms with Crippen molar-refractivity contribution in [3.05, 3.63) is 75.1 Å². The number of amidine groups is 1. The van der Waals surface area contributed by atoms with Crippen molar-refractivity contribution in [2.75, 3.05) is 13.7 Å². The largest absolute Gasteiger partial charge is 0.488 e. The predicted octanol–water partition coefficient (Wildman–Crippen LogP) is 5.49. The summed E-state index contributed by atoms with van der Waals surface area (Å²) in [5.74, 6) is -0.849. The Morgan fingerprint density at radius 3 is 2.70 bits per heavy atom. The fourth-order valence-electron chi connectivity index (χ4n) is 2.53. The van der Waals surface area contributed by atoms with E-state index in [4.69, 9.17) is 27.9 Å². The molecular formula is C21H16Cl2N2O4S. The Hall–Kier alpha value is -2.74. The lowest BCUT2D eigenvalue weighted by molar-refractivity contribution is -0.121. The van der Waals surface area contributed by atoms with Crippen LogP contribution in [0.5, 0.6) is 5.75 Å². The minimum absolute atomic E-state index is 0.0559. The highest BCUT2D eigenvalue weighted by atomic mass is 35.5. The molecule has 1 aliphatic rings. The van der Waals surface area contributed by atoms with E-state index in [-0.39, 0.29) is 16.5 Å². The second-order valence-corrected chi connectivity index (χ2v) is 7.95. The maximum Gasteiger partial charge on any atom is 0.337 e. The van der Waals surface area contributed by atoms with Gasteiger partial charge in [0.1, 0.15) is 12.4 Å². The van der Waals surface area contributed by atoms with Crippen LogP contribution >= 0.6 is 35.0 Å².